The van der Waals surface area contributed by atoms with Gasteiger partial charge in [0.2, 0.25) is 0 Å². The van der Waals surface area contributed by atoms with E-state index in [1.165, 1.54) is 25.9 Å². The molecule has 3 heterocycles. The van der Waals surface area contributed by atoms with Crippen LogP contribution in [0, 0.1) is 5.92 Å². The molecule has 3 saturated heterocycles. The monoisotopic (exact) mass is 417 g/mol. The minimum absolute atomic E-state index is 0.164. The number of halogens is 1. The third-order valence-electron chi connectivity index (χ3n) is 5.31. The summed E-state index contributed by atoms with van der Waals surface area (Å²) in [7, 11) is 0. The van der Waals surface area contributed by atoms with Crippen molar-refractivity contribution in [3.05, 3.63) is 46.4 Å². The van der Waals surface area contributed by atoms with Gasteiger partial charge in [-0.2, -0.15) is 0 Å². The van der Waals surface area contributed by atoms with E-state index in [0.29, 0.717) is 22.6 Å². The van der Waals surface area contributed by atoms with Crippen molar-refractivity contribution in [2.75, 3.05) is 19.6 Å². The highest BCUT2D eigenvalue weighted by molar-refractivity contribution is 9.10. The third-order valence-corrected chi connectivity index (χ3v) is 6.22. The minimum atomic E-state index is -0.164. The Balaban J connectivity index is 1.47. The molecule has 2 N–H and O–H groups in total. The summed E-state index contributed by atoms with van der Waals surface area (Å²) in [6.45, 7) is 3.39. The van der Waals surface area contributed by atoms with Crippen molar-refractivity contribution in [3.63, 3.8) is 0 Å². The van der Waals surface area contributed by atoms with E-state index in [2.05, 4.69) is 31.5 Å². The van der Waals surface area contributed by atoms with Crippen molar-refractivity contribution >= 4 is 49.9 Å². The molecule has 3 aliphatic rings. The highest BCUT2D eigenvalue weighted by atomic mass is 79.9. The number of fused-ring (bicyclic) bond motifs is 4. The summed E-state index contributed by atoms with van der Waals surface area (Å²) in [5, 5.41) is 8.58. The van der Waals surface area contributed by atoms with Crippen LogP contribution in [0.2, 0.25) is 0 Å². The Hall–Kier alpha value is -1.50. The molecule has 1 unspecified atom stereocenters. The lowest BCUT2D eigenvalue weighted by Crippen LogP contribution is -2.59. The van der Waals surface area contributed by atoms with Crippen molar-refractivity contribution in [1.82, 2.24) is 15.5 Å². The Labute approximate surface area is 161 Å². The first-order valence-electron chi connectivity index (χ1n) is 8.63. The lowest BCUT2D eigenvalue weighted by Gasteiger charge is -2.45. The van der Waals surface area contributed by atoms with Crippen LogP contribution in [0.15, 0.2) is 40.9 Å². The van der Waals surface area contributed by atoms with Gasteiger partial charge in [-0.3, -0.25) is 10.1 Å². The predicted molar refractivity (Wildman–Crippen MR) is 108 cm³/mol. The fourth-order valence-corrected chi connectivity index (χ4v) is 4.72. The van der Waals surface area contributed by atoms with Gasteiger partial charge >= 0.3 is 0 Å². The van der Waals surface area contributed by atoms with Gasteiger partial charge in [0.05, 0.1) is 0 Å². The molecular weight excluding hydrogens is 398 g/mol. The van der Waals surface area contributed by atoms with Gasteiger partial charge in [-0.05, 0) is 67.0 Å². The maximum atomic E-state index is 12.7. The van der Waals surface area contributed by atoms with Gasteiger partial charge in [-0.25, -0.2) is 0 Å². The van der Waals surface area contributed by atoms with Gasteiger partial charge in [-0.1, -0.05) is 40.2 Å². The molecular formula is C19H20BrN3OS. The molecule has 3 fully saturated rings. The second-order valence-electron chi connectivity index (χ2n) is 6.81. The van der Waals surface area contributed by atoms with Crippen LogP contribution in [-0.2, 0) is 0 Å². The highest BCUT2D eigenvalue weighted by Crippen LogP contribution is 2.28. The second kappa shape index (κ2) is 7.02. The van der Waals surface area contributed by atoms with E-state index in [1.54, 1.807) is 0 Å². The van der Waals surface area contributed by atoms with E-state index in [9.17, 15) is 4.79 Å². The summed E-state index contributed by atoms with van der Waals surface area (Å²) < 4.78 is 0.979. The van der Waals surface area contributed by atoms with E-state index in [0.717, 1.165) is 21.8 Å². The standard InChI is InChI=1S/C19H20BrN3OS/c20-16-6-2-3-13-14(16)4-1-5-15(13)18(24)22-19(25)21-17-11-23-9-7-12(17)8-10-23/h1-6,12,17H,7-11H2,(H2,21,22,24,25). The first kappa shape index (κ1) is 16.9. The first-order valence-corrected chi connectivity index (χ1v) is 9.83. The molecule has 0 spiro atoms. The van der Waals surface area contributed by atoms with E-state index in [4.69, 9.17) is 12.2 Å². The van der Waals surface area contributed by atoms with Crippen molar-refractivity contribution < 1.29 is 4.79 Å². The summed E-state index contributed by atoms with van der Waals surface area (Å²) in [6, 6.07) is 11.9. The van der Waals surface area contributed by atoms with E-state index < -0.39 is 0 Å². The quantitative estimate of drug-likeness (QED) is 0.735. The molecule has 2 aromatic rings. The molecule has 1 atom stereocenters. The molecule has 5 rings (SSSR count). The second-order valence-corrected chi connectivity index (χ2v) is 8.08. The summed E-state index contributed by atoms with van der Waals surface area (Å²) in [5.41, 5.74) is 0.636. The molecule has 0 saturated carbocycles. The van der Waals surface area contributed by atoms with Gasteiger partial charge < -0.3 is 10.2 Å². The van der Waals surface area contributed by atoms with Crippen LogP contribution in [0.3, 0.4) is 0 Å². The number of rotatable bonds is 2. The van der Waals surface area contributed by atoms with Crippen LogP contribution < -0.4 is 10.6 Å². The first-order chi connectivity index (χ1) is 12.1. The topological polar surface area (TPSA) is 44.4 Å². The molecule has 130 valence electrons. The van der Waals surface area contributed by atoms with Gasteiger partial charge in [0.25, 0.3) is 5.91 Å². The van der Waals surface area contributed by atoms with E-state index in [-0.39, 0.29) is 5.91 Å². The molecule has 1 amide bonds. The zero-order valence-corrected chi connectivity index (χ0v) is 16.2. The Morgan fingerprint density at radius 3 is 2.56 bits per heavy atom. The number of thiocarbonyl (C=S) groups is 1. The number of amides is 1. The van der Waals surface area contributed by atoms with Crippen molar-refractivity contribution in [2.24, 2.45) is 5.92 Å². The molecule has 2 bridgehead atoms. The molecule has 2 aromatic carbocycles. The number of carbonyl (C=O) groups is 1. The predicted octanol–water partition coefficient (Wildman–Crippen LogP) is 3.30. The maximum absolute atomic E-state index is 12.7. The molecule has 4 nitrogen and oxygen atoms in total. The fraction of sp³-hybridized carbons (Fsp3) is 0.368. The van der Waals surface area contributed by atoms with Crippen LogP contribution in [0.4, 0.5) is 0 Å². The van der Waals surface area contributed by atoms with Crippen LogP contribution in [0.1, 0.15) is 23.2 Å². The van der Waals surface area contributed by atoms with Crippen molar-refractivity contribution in [1.29, 1.82) is 0 Å². The average Bonchev–Trinajstić information content (AvgIpc) is 2.62. The Kier molecular flexibility index (Phi) is 4.75. The van der Waals surface area contributed by atoms with Gasteiger partial charge in [0.15, 0.2) is 5.11 Å². The van der Waals surface area contributed by atoms with E-state index in [1.807, 2.05) is 36.4 Å². The molecule has 25 heavy (non-hydrogen) atoms. The van der Waals surface area contributed by atoms with Crippen LogP contribution in [0.25, 0.3) is 10.8 Å². The zero-order chi connectivity index (χ0) is 17.4. The summed E-state index contributed by atoms with van der Waals surface area (Å²) in [6.07, 6.45) is 2.43. The van der Waals surface area contributed by atoms with Crippen LogP contribution in [-0.4, -0.2) is 41.6 Å². The largest absolute Gasteiger partial charge is 0.358 e. The van der Waals surface area contributed by atoms with Gasteiger partial charge in [0, 0.05) is 22.6 Å². The summed E-state index contributed by atoms with van der Waals surface area (Å²) in [5.74, 6) is 0.496. The third kappa shape index (κ3) is 3.43. The number of hydrogen-bond donors (Lipinski definition) is 2. The number of nitrogens with zero attached hydrogens (tertiary/aromatic N) is 1. The number of carbonyl (C=O) groups excluding carboxylic acids is 1. The fourth-order valence-electron chi connectivity index (χ4n) is 3.97. The molecule has 0 aromatic heterocycles. The lowest BCUT2D eigenvalue weighted by molar-refractivity contribution is 0.0807. The normalized spacial score (nSPS) is 24.9. The number of piperidine rings is 3. The van der Waals surface area contributed by atoms with Crippen molar-refractivity contribution in [2.45, 2.75) is 18.9 Å². The minimum Gasteiger partial charge on any atom is -0.358 e. The Bertz CT molecular complexity index is 833. The zero-order valence-electron chi connectivity index (χ0n) is 13.8. The SMILES string of the molecule is O=C(NC(=S)NC1CN2CCC1CC2)c1cccc2c(Br)cccc12. The van der Waals surface area contributed by atoms with Gasteiger partial charge in [0.1, 0.15) is 0 Å². The maximum Gasteiger partial charge on any atom is 0.258 e. The summed E-state index contributed by atoms with van der Waals surface area (Å²) >= 11 is 8.95. The summed E-state index contributed by atoms with van der Waals surface area (Å²) in [4.78, 5) is 15.2. The number of benzene rings is 2. The molecule has 0 aliphatic carbocycles. The number of nitrogens with one attached hydrogen (secondary N) is 2. The van der Waals surface area contributed by atoms with E-state index >= 15 is 0 Å². The molecule has 6 heteroatoms. The Morgan fingerprint density at radius 2 is 1.84 bits per heavy atom. The molecule has 0 radical (unpaired) electrons. The lowest BCUT2D eigenvalue weighted by atomic mass is 9.84. The molecule has 3 aliphatic heterocycles. The average molecular weight is 418 g/mol. The number of hydrogen-bond acceptors (Lipinski definition) is 3. The van der Waals surface area contributed by atoms with Gasteiger partial charge in [-0.15, -0.1) is 0 Å². The Morgan fingerprint density at radius 1 is 1.12 bits per heavy atom. The van der Waals surface area contributed by atoms with Crippen LogP contribution in [0.5, 0.6) is 0 Å². The highest BCUT2D eigenvalue weighted by Gasteiger charge is 2.34. The van der Waals surface area contributed by atoms with Crippen LogP contribution >= 0.6 is 28.1 Å². The van der Waals surface area contributed by atoms with Crippen molar-refractivity contribution in [3.8, 4) is 0 Å². The smallest absolute Gasteiger partial charge is 0.258 e.